The second kappa shape index (κ2) is 4.44. The summed E-state index contributed by atoms with van der Waals surface area (Å²) >= 11 is 0. The van der Waals surface area contributed by atoms with Crippen molar-refractivity contribution >= 4 is 11.5 Å². The quantitative estimate of drug-likeness (QED) is 0.779. The molecule has 3 nitrogen and oxygen atoms in total. The van der Waals surface area contributed by atoms with Crippen LogP contribution in [0.1, 0.15) is 18.4 Å². The van der Waals surface area contributed by atoms with Crippen molar-refractivity contribution in [3.63, 3.8) is 0 Å². The zero-order valence-corrected chi connectivity index (χ0v) is 9.61. The number of pyridine rings is 1. The highest BCUT2D eigenvalue weighted by molar-refractivity contribution is 5.66. The van der Waals surface area contributed by atoms with Crippen molar-refractivity contribution in [2.45, 2.75) is 19.8 Å². The minimum atomic E-state index is 0.581. The molecule has 0 atom stereocenters. The Bertz CT molecular complexity index is 416. The van der Waals surface area contributed by atoms with Crippen LogP contribution in [-0.4, -0.2) is 18.1 Å². The second-order valence-electron chi connectivity index (χ2n) is 4.39. The van der Waals surface area contributed by atoms with Gasteiger partial charge >= 0.3 is 0 Å². The summed E-state index contributed by atoms with van der Waals surface area (Å²) < 4.78 is 0. The maximum atomic E-state index is 6.04. The van der Waals surface area contributed by atoms with E-state index in [0.29, 0.717) is 6.54 Å². The Kier molecular flexibility index (Phi) is 3.00. The van der Waals surface area contributed by atoms with E-state index in [2.05, 4.69) is 15.8 Å². The monoisotopic (exact) mass is 215 g/mol. The van der Waals surface area contributed by atoms with E-state index < -0.39 is 0 Å². The van der Waals surface area contributed by atoms with E-state index in [0.717, 1.165) is 29.5 Å². The topological polar surface area (TPSA) is 42.2 Å². The number of rotatable bonds is 4. The fourth-order valence-corrected chi connectivity index (χ4v) is 1.76. The van der Waals surface area contributed by atoms with Crippen molar-refractivity contribution < 1.29 is 0 Å². The first-order valence-corrected chi connectivity index (χ1v) is 5.62. The Balaban J connectivity index is 2.23. The Morgan fingerprint density at radius 1 is 1.62 bits per heavy atom. The van der Waals surface area contributed by atoms with Crippen LogP contribution in [0.25, 0.3) is 0 Å². The van der Waals surface area contributed by atoms with Gasteiger partial charge in [-0.1, -0.05) is 5.92 Å². The molecule has 3 heteroatoms. The Labute approximate surface area is 96.7 Å². The van der Waals surface area contributed by atoms with Gasteiger partial charge in [-0.25, -0.2) is 4.98 Å². The summed E-state index contributed by atoms with van der Waals surface area (Å²) in [6.07, 6.45) is 9.78. The van der Waals surface area contributed by atoms with Crippen LogP contribution >= 0.6 is 0 Å². The van der Waals surface area contributed by atoms with Gasteiger partial charge in [0.15, 0.2) is 5.82 Å². The fraction of sp³-hybridized carbons (Fsp3) is 0.462. The van der Waals surface area contributed by atoms with Crippen LogP contribution in [0.5, 0.6) is 0 Å². The molecule has 0 saturated heterocycles. The van der Waals surface area contributed by atoms with Gasteiger partial charge < -0.3 is 10.6 Å². The number of anilines is 2. The van der Waals surface area contributed by atoms with E-state index >= 15 is 0 Å². The average molecular weight is 215 g/mol. The second-order valence-corrected chi connectivity index (χ2v) is 4.39. The molecule has 1 saturated carbocycles. The van der Waals surface area contributed by atoms with Crippen LogP contribution in [0.15, 0.2) is 12.3 Å². The molecule has 1 aliphatic rings. The molecule has 0 aromatic carbocycles. The van der Waals surface area contributed by atoms with Gasteiger partial charge in [-0.2, -0.15) is 0 Å². The van der Waals surface area contributed by atoms with E-state index in [1.54, 1.807) is 6.20 Å². The van der Waals surface area contributed by atoms with Crippen molar-refractivity contribution in [1.29, 1.82) is 0 Å². The van der Waals surface area contributed by atoms with Crippen molar-refractivity contribution in [2.24, 2.45) is 5.92 Å². The van der Waals surface area contributed by atoms with Gasteiger partial charge in [-0.05, 0) is 37.3 Å². The van der Waals surface area contributed by atoms with Gasteiger partial charge in [-0.3, -0.25) is 0 Å². The molecule has 1 aromatic rings. The number of hydrogen-bond donors (Lipinski definition) is 1. The molecule has 2 N–H and O–H groups in total. The number of aryl methyl sites for hydroxylation is 1. The molecule has 0 bridgehead atoms. The molecule has 1 aliphatic carbocycles. The molecule has 0 amide bonds. The number of terminal acetylenes is 1. The summed E-state index contributed by atoms with van der Waals surface area (Å²) in [6.45, 7) is 3.55. The summed E-state index contributed by atoms with van der Waals surface area (Å²) in [6, 6.07) is 1.92. The van der Waals surface area contributed by atoms with E-state index in [1.807, 2.05) is 13.0 Å². The number of hydrogen-bond acceptors (Lipinski definition) is 3. The van der Waals surface area contributed by atoms with E-state index in [-0.39, 0.29) is 0 Å². The lowest BCUT2D eigenvalue weighted by atomic mass is 10.2. The Morgan fingerprint density at radius 2 is 2.38 bits per heavy atom. The fourth-order valence-electron chi connectivity index (χ4n) is 1.76. The van der Waals surface area contributed by atoms with Crippen LogP contribution < -0.4 is 10.6 Å². The summed E-state index contributed by atoms with van der Waals surface area (Å²) in [7, 11) is 0. The van der Waals surface area contributed by atoms with E-state index in [4.69, 9.17) is 12.2 Å². The summed E-state index contributed by atoms with van der Waals surface area (Å²) in [5.74, 6) is 4.29. The van der Waals surface area contributed by atoms with Gasteiger partial charge in [0.25, 0.3) is 0 Å². The van der Waals surface area contributed by atoms with Crippen molar-refractivity contribution in [3.8, 4) is 12.3 Å². The van der Waals surface area contributed by atoms with Crippen LogP contribution in [0, 0.1) is 25.2 Å². The third-order valence-corrected chi connectivity index (χ3v) is 2.94. The van der Waals surface area contributed by atoms with E-state index in [1.165, 1.54) is 12.8 Å². The first kappa shape index (κ1) is 10.8. The SMILES string of the molecule is C#CCN(CC1CC1)c1nccc(C)c1N. The summed E-state index contributed by atoms with van der Waals surface area (Å²) in [5.41, 5.74) is 7.84. The molecule has 1 fully saturated rings. The zero-order chi connectivity index (χ0) is 11.5. The predicted octanol–water partition coefficient (Wildman–Crippen LogP) is 1.82. The molecular formula is C13H17N3. The third-order valence-electron chi connectivity index (χ3n) is 2.94. The Hall–Kier alpha value is -1.69. The molecule has 2 rings (SSSR count). The van der Waals surface area contributed by atoms with Crippen LogP contribution in [0.4, 0.5) is 11.5 Å². The maximum absolute atomic E-state index is 6.04. The molecular weight excluding hydrogens is 198 g/mol. The zero-order valence-electron chi connectivity index (χ0n) is 9.61. The van der Waals surface area contributed by atoms with Gasteiger partial charge in [0.2, 0.25) is 0 Å². The average Bonchev–Trinajstić information content (AvgIpc) is 3.06. The summed E-state index contributed by atoms with van der Waals surface area (Å²) in [5, 5.41) is 0. The van der Waals surface area contributed by atoms with E-state index in [9.17, 15) is 0 Å². The molecule has 84 valence electrons. The lowest BCUT2D eigenvalue weighted by molar-refractivity contribution is 0.756. The first-order valence-electron chi connectivity index (χ1n) is 5.62. The highest BCUT2D eigenvalue weighted by Crippen LogP contribution is 2.32. The molecule has 16 heavy (non-hydrogen) atoms. The molecule has 0 radical (unpaired) electrons. The summed E-state index contributed by atoms with van der Waals surface area (Å²) in [4.78, 5) is 6.46. The first-order chi connectivity index (χ1) is 7.72. The minimum absolute atomic E-state index is 0.581. The Morgan fingerprint density at radius 3 is 3.00 bits per heavy atom. The number of nitrogens with two attached hydrogens (primary N) is 1. The molecule has 1 aromatic heterocycles. The number of aromatic nitrogens is 1. The van der Waals surface area contributed by atoms with Crippen LogP contribution in [0.3, 0.4) is 0 Å². The molecule has 0 unspecified atom stereocenters. The maximum Gasteiger partial charge on any atom is 0.152 e. The normalized spacial score (nSPS) is 14.5. The van der Waals surface area contributed by atoms with Crippen LogP contribution in [0.2, 0.25) is 0 Å². The molecule has 0 aliphatic heterocycles. The molecule has 0 spiro atoms. The largest absolute Gasteiger partial charge is 0.396 e. The standard InChI is InChI=1S/C13H17N3/c1-3-8-16(9-11-4-5-11)13-12(14)10(2)6-7-15-13/h1,6-7,11H,4-5,8-9,14H2,2H3. The lowest BCUT2D eigenvalue weighted by Crippen LogP contribution is -2.28. The predicted molar refractivity (Wildman–Crippen MR) is 67.2 cm³/mol. The highest BCUT2D eigenvalue weighted by Gasteiger charge is 2.25. The number of nitrogen functional groups attached to an aromatic ring is 1. The smallest absolute Gasteiger partial charge is 0.152 e. The lowest BCUT2D eigenvalue weighted by Gasteiger charge is -2.23. The van der Waals surface area contributed by atoms with Crippen molar-refractivity contribution in [1.82, 2.24) is 4.98 Å². The van der Waals surface area contributed by atoms with Crippen molar-refractivity contribution in [3.05, 3.63) is 17.8 Å². The van der Waals surface area contributed by atoms with Crippen molar-refractivity contribution in [2.75, 3.05) is 23.7 Å². The molecule has 1 heterocycles. The van der Waals surface area contributed by atoms with Gasteiger partial charge in [0, 0.05) is 12.7 Å². The van der Waals surface area contributed by atoms with Gasteiger partial charge in [-0.15, -0.1) is 6.42 Å². The van der Waals surface area contributed by atoms with Crippen LogP contribution in [-0.2, 0) is 0 Å². The highest BCUT2D eigenvalue weighted by atomic mass is 15.2. The number of nitrogens with zero attached hydrogens (tertiary/aromatic N) is 2. The third kappa shape index (κ3) is 2.27. The van der Waals surface area contributed by atoms with Gasteiger partial charge in [0.05, 0.1) is 12.2 Å². The minimum Gasteiger partial charge on any atom is -0.396 e. The van der Waals surface area contributed by atoms with Gasteiger partial charge in [0.1, 0.15) is 0 Å².